The Morgan fingerprint density at radius 3 is 2.72 bits per heavy atom. The molecule has 0 spiro atoms. The zero-order valence-electron chi connectivity index (χ0n) is 9.49. The van der Waals surface area contributed by atoms with Crippen LogP contribution >= 0.6 is 11.6 Å². The van der Waals surface area contributed by atoms with E-state index in [4.69, 9.17) is 22.8 Å². The maximum Gasteiger partial charge on any atom is 0.148 e. The Morgan fingerprint density at radius 1 is 1.22 bits per heavy atom. The highest BCUT2D eigenvalue weighted by Crippen LogP contribution is 2.32. The molecule has 0 atom stereocenters. The summed E-state index contributed by atoms with van der Waals surface area (Å²) in [6.45, 7) is 0.186. The maximum atomic E-state index is 13.1. The third-order valence-corrected chi connectivity index (χ3v) is 2.72. The van der Waals surface area contributed by atoms with Crippen molar-refractivity contribution in [1.82, 2.24) is 0 Å². The highest BCUT2D eigenvalue weighted by atomic mass is 35.5. The SMILES string of the molecule is C#CCOc1ccccc1-c1ccc(F)c(Cl)c1. The van der Waals surface area contributed by atoms with Crippen molar-refractivity contribution in [3.8, 4) is 29.2 Å². The predicted octanol–water partition coefficient (Wildman–Crippen LogP) is 4.16. The molecule has 0 unspecified atom stereocenters. The maximum absolute atomic E-state index is 13.1. The zero-order chi connectivity index (χ0) is 13.0. The van der Waals surface area contributed by atoms with Gasteiger partial charge >= 0.3 is 0 Å². The molecular weight excluding hydrogens is 251 g/mol. The van der Waals surface area contributed by atoms with E-state index in [1.54, 1.807) is 12.1 Å². The average Bonchev–Trinajstić information content (AvgIpc) is 2.40. The molecule has 1 nitrogen and oxygen atoms in total. The molecule has 18 heavy (non-hydrogen) atoms. The number of hydrogen-bond donors (Lipinski definition) is 0. The number of benzene rings is 2. The summed E-state index contributed by atoms with van der Waals surface area (Å²) in [5.74, 6) is 2.62. The van der Waals surface area contributed by atoms with Crippen molar-refractivity contribution in [2.24, 2.45) is 0 Å². The smallest absolute Gasteiger partial charge is 0.148 e. The van der Waals surface area contributed by atoms with Crippen LogP contribution in [-0.4, -0.2) is 6.61 Å². The van der Waals surface area contributed by atoms with Crippen LogP contribution in [0, 0.1) is 18.2 Å². The number of para-hydroxylation sites is 1. The molecule has 0 saturated heterocycles. The first-order valence-corrected chi connectivity index (χ1v) is 5.71. The quantitative estimate of drug-likeness (QED) is 0.753. The zero-order valence-corrected chi connectivity index (χ0v) is 10.2. The third-order valence-electron chi connectivity index (χ3n) is 2.43. The minimum Gasteiger partial charge on any atom is -0.480 e. The molecule has 0 radical (unpaired) electrons. The fourth-order valence-corrected chi connectivity index (χ4v) is 1.79. The van der Waals surface area contributed by atoms with Crippen LogP contribution < -0.4 is 4.74 Å². The van der Waals surface area contributed by atoms with Crippen molar-refractivity contribution in [2.45, 2.75) is 0 Å². The second kappa shape index (κ2) is 5.57. The lowest BCUT2D eigenvalue weighted by atomic mass is 10.0. The predicted molar refractivity (Wildman–Crippen MR) is 71.2 cm³/mol. The Hall–Kier alpha value is -1.98. The summed E-state index contributed by atoms with van der Waals surface area (Å²) in [5.41, 5.74) is 1.61. The van der Waals surface area contributed by atoms with Gasteiger partial charge in [-0.15, -0.1) is 6.42 Å². The van der Waals surface area contributed by atoms with Crippen LogP contribution in [-0.2, 0) is 0 Å². The fraction of sp³-hybridized carbons (Fsp3) is 0.0667. The van der Waals surface area contributed by atoms with Crippen LogP contribution in [0.3, 0.4) is 0 Å². The second-order valence-corrected chi connectivity index (χ2v) is 4.03. The van der Waals surface area contributed by atoms with Crippen molar-refractivity contribution in [3.63, 3.8) is 0 Å². The van der Waals surface area contributed by atoms with Crippen LogP contribution in [0.4, 0.5) is 4.39 Å². The highest BCUT2D eigenvalue weighted by molar-refractivity contribution is 6.31. The van der Waals surface area contributed by atoms with Gasteiger partial charge in [-0.2, -0.15) is 0 Å². The number of hydrogen-bond acceptors (Lipinski definition) is 1. The lowest BCUT2D eigenvalue weighted by Crippen LogP contribution is -1.95. The molecule has 0 aliphatic carbocycles. The number of ether oxygens (including phenoxy) is 1. The van der Waals surface area contributed by atoms with Gasteiger partial charge in [-0.05, 0) is 23.8 Å². The highest BCUT2D eigenvalue weighted by Gasteiger charge is 2.08. The third kappa shape index (κ3) is 2.64. The molecule has 2 rings (SSSR count). The Balaban J connectivity index is 2.43. The van der Waals surface area contributed by atoms with E-state index in [0.717, 1.165) is 11.1 Å². The monoisotopic (exact) mass is 260 g/mol. The van der Waals surface area contributed by atoms with Crippen molar-refractivity contribution in [3.05, 3.63) is 53.3 Å². The van der Waals surface area contributed by atoms with Crippen LogP contribution in [0.15, 0.2) is 42.5 Å². The van der Waals surface area contributed by atoms with Gasteiger partial charge in [-0.1, -0.05) is 41.8 Å². The summed E-state index contributed by atoms with van der Waals surface area (Å²) in [6.07, 6.45) is 5.16. The van der Waals surface area contributed by atoms with Crippen LogP contribution in [0.5, 0.6) is 5.75 Å². The molecule has 0 heterocycles. The summed E-state index contributed by atoms with van der Waals surface area (Å²) in [5, 5.41) is 0.0826. The standard InChI is InChI=1S/C15H10ClFO/c1-2-9-18-15-6-4-3-5-12(15)11-7-8-14(17)13(16)10-11/h1,3-8,10H,9H2. The summed E-state index contributed by atoms with van der Waals surface area (Å²) >= 11 is 5.77. The molecule has 0 saturated carbocycles. The number of rotatable bonds is 3. The van der Waals surface area contributed by atoms with Gasteiger partial charge in [0.15, 0.2) is 0 Å². The van der Waals surface area contributed by atoms with Crippen LogP contribution in [0.1, 0.15) is 0 Å². The van der Waals surface area contributed by atoms with E-state index in [0.29, 0.717) is 5.75 Å². The van der Waals surface area contributed by atoms with Gasteiger partial charge in [-0.25, -0.2) is 4.39 Å². The van der Waals surface area contributed by atoms with E-state index in [-0.39, 0.29) is 11.6 Å². The molecule has 0 aliphatic rings. The molecule has 2 aromatic carbocycles. The van der Waals surface area contributed by atoms with E-state index in [2.05, 4.69) is 5.92 Å². The van der Waals surface area contributed by atoms with Gasteiger partial charge in [0.05, 0.1) is 5.02 Å². The van der Waals surface area contributed by atoms with Gasteiger partial charge < -0.3 is 4.74 Å². The van der Waals surface area contributed by atoms with E-state index in [1.165, 1.54) is 6.07 Å². The van der Waals surface area contributed by atoms with Gasteiger partial charge in [0.1, 0.15) is 18.2 Å². The van der Waals surface area contributed by atoms with E-state index >= 15 is 0 Å². The Bertz CT molecular complexity index is 602. The lowest BCUT2D eigenvalue weighted by Gasteiger charge is -2.10. The Labute approximate surface area is 110 Å². The summed E-state index contributed by atoms with van der Waals surface area (Å²) in [4.78, 5) is 0. The fourth-order valence-electron chi connectivity index (χ4n) is 1.61. The molecule has 0 aliphatic heterocycles. The summed E-state index contributed by atoms with van der Waals surface area (Å²) in [7, 11) is 0. The topological polar surface area (TPSA) is 9.23 Å². The minimum atomic E-state index is -0.442. The summed E-state index contributed by atoms with van der Waals surface area (Å²) < 4.78 is 18.6. The molecular formula is C15H10ClFO. The van der Waals surface area contributed by atoms with Gasteiger partial charge in [-0.3, -0.25) is 0 Å². The normalized spacial score (nSPS) is 9.83. The largest absolute Gasteiger partial charge is 0.480 e. The Morgan fingerprint density at radius 2 is 2.00 bits per heavy atom. The van der Waals surface area contributed by atoms with Gasteiger partial charge in [0.25, 0.3) is 0 Å². The van der Waals surface area contributed by atoms with Gasteiger partial charge in [0, 0.05) is 5.56 Å². The molecule has 3 heteroatoms. The second-order valence-electron chi connectivity index (χ2n) is 3.62. The molecule has 90 valence electrons. The first-order valence-electron chi connectivity index (χ1n) is 5.33. The lowest BCUT2D eigenvalue weighted by molar-refractivity contribution is 0.372. The van der Waals surface area contributed by atoms with Crippen molar-refractivity contribution < 1.29 is 9.13 Å². The number of halogens is 2. The molecule has 0 aromatic heterocycles. The average molecular weight is 261 g/mol. The molecule has 0 bridgehead atoms. The number of terminal acetylenes is 1. The van der Waals surface area contributed by atoms with Crippen molar-refractivity contribution in [2.75, 3.05) is 6.61 Å². The molecule has 0 N–H and O–H groups in total. The van der Waals surface area contributed by atoms with Crippen LogP contribution in [0.25, 0.3) is 11.1 Å². The van der Waals surface area contributed by atoms with Crippen molar-refractivity contribution in [1.29, 1.82) is 0 Å². The molecule has 0 amide bonds. The van der Waals surface area contributed by atoms with E-state index in [1.807, 2.05) is 24.3 Å². The van der Waals surface area contributed by atoms with Gasteiger partial charge in [0.2, 0.25) is 0 Å². The van der Waals surface area contributed by atoms with E-state index < -0.39 is 5.82 Å². The van der Waals surface area contributed by atoms with E-state index in [9.17, 15) is 4.39 Å². The summed E-state index contributed by atoms with van der Waals surface area (Å²) in [6, 6.07) is 11.9. The first kappa shape index (κ1) is 12.5. The Kier molecular flexibility index (Phi) is 3.86. The van der Waals surface area contributed by atoms with Crippen molar-refractivity contribution >= 4 is 11.6 Å². The van der Waals surface area contributed by atoms with Crippen LogP contribution in [0.2, 0.25) is 5.02 Å². The minimum absolute atomic E-state index is 0.0826. The molecule has 2 aromatic rings. The first-order chi connectivity index (χ1) is 8.72. The molecule has 0 fully saturated rings.